The van der Waals surface area contributed by atoms with Gasteiger partial charge in [-0.3, -0.25) is 0 Å². The molecule has 35 heavy (non-hydrogen) atoms. The molecular formula is C31H54O4. The second-order valence-corrected chi connectivity index (χ2v) is 12.4. The number of ether oxygens (including phenoxy) is 4. The maximum Gasteiger partial charge on any atom is 0.172 e. The van der Waals surface area contributed by atoms with Crippen LogP contribution >= 0.6 is 0 Å². The Balaban J connectivity index is 0.000000440. The molecule has 0 aromatic rings. The summed E-state index contributed by atoms with van der Waals surface area (Å²) in [6.45, 7) is 18.8. The number of unbranched alkanes of at least 4 members (excludes halogenated alkanes) is 1. The lowest BCUT2D eigenvalue weighted by atomic mass is 9.47. The Morgan fingerprint density at radius 2 is 1.40 bits per heavy atom. The highest BCUT2D eigenvalue weighted by Crippen LogP contribution is 2.68. The number of hydrogen-bond donors (Lipinski definition) is 0. The number of hydrogen-bond acceptors (Lipinski definition) is 4. The zero-order valence-electron chi connectivity index (χ0n) is 23.9. The fraction of sp³-hybridized carbons (Fsp3) is 0.935. The van der Waals surface area contributed by atoms with Gasteiger partial charge in [-0.1, -0.05) is 66.0 Å². The van der Waals surface area contributed by atoms with Gasteiger partial charge in [-0.15, -0.1) is 0 Å². The van der Waals surface area contributed by atoms with Crippen molar-refractivity contribution in [3.63, 3.8) is 0 Å². The second kappa shape index (κ2) is 10.8. The van der Waals surface area contributed by atoms with E-state index in [2.05, 4.69) is 40.7 Å². The fourth-order valence-electron chi connectivity index (χ4n) is 8.94. The first-order valence-corrected chi connectivity index (χ1v) is 15.1. The molecule has 2 aliphatic heterocycles. The lowest BCUT2D eigenvalue weighted by Crippen LogP contribution is -2.54. The van der Waals surface area contributed by atoms with Crippen LogP contribution in [0, 0.1) is 34.5 Å². The monoisotopic (exact) mass is 490 g/mol. The summed E-state index contributed by atoms with van der Waals surface area (Å²) in [4.78, 5) is 0. The van der Waals surface area contributed by atoms with E-state index in [1.165, 1.54) is 51.4 Å². The molecule has 2 heterocycles. The lowest BCUT2D eigenvalue weighted by Gasteiger charge is -2.59. The van der Waals surface area contributed by atoms with Gasteiger partial charge in [-0.2, -0.15) is 0 Å². The second-order valence-electron chi connectivity index (χ2n) is 12.4. The highest BCUT2D eigenvalue weighted by Gasteiger charge is 2.63. The van der Waals surface area contributed by atoms with Gasteiger partial charge in [0.1, 0.15) is 0 Å². The number of fused-ring (bicyclic) bond motifs is 5. The average molecular weight is 491 g/mol. The van der Waals surface area contributed by atoms with Gasteiger partial charge in [-0.25, -0.2) is 0 Å². The predicted octanol–water partition coefficient (Wildman–Crippen LogP) is 7.90. The highest BCUT2D eigenvalue weighted by atomic mass is 16.7. The SMILES string of the molecule is CC.CC1([C@H]2CC[C@H]3C4CC=C5CC6(CC[C@]5(C)[C@H]4CC[C@]23C)OCCO6)OCCO1.CCCC. The molecule has 5 fully saturated rings. The normalized spacial score (nSPS) is 42.5. The van der Waals surface area contributed by atoms with E-state index in [0.29, 0.717) is 16.7 Å². The zero-order chi connectivity index (χ0) is 25.3. The number of allylic oxidation sites excluding steroid dienone is 1. The van der Waals surface area contributed by atoms with Crippen LogP contribution in [0.4, 0.5) is 0 Å². The topological polar surface area (TPSA) is 36.9 Å². The van der Waals surface area contributed by atoms with Crippen LogP contribution in [0.25, 0.3) is 0 Å². The van der Waals surface area contributed by atoms with E-state index < -0.39 is 0 Å². The predicted molar refractivity (Wildman–Crippen MR) is 142 cm³/mol. The van der Waals surface area contributed by atoms with Crippen molar-refractivity contribution in [3.05, 3.63) is 11.6 Å². The van der Waals surface area contributed by atoms with Crippen LogP contribution in [0.3, 0.4) is 0 Å². The molecule has 0 aromatic heterocycles. The van der Waals surface area contributed by atoms with Crippen LogP contribution in [-0.2, 0) is 18.9 Å². The molecule has 1 spiro atoms. The van der Waals surface area contributed by atoms with Gasteiger partial charge < -0.3 is 18.9 Å². The lowest BCUT2D eigenvalue weighted by molar-refractivity contribution is -0.216. The maximum absolute atomic E-state index is 6.17. The van der Waals surface area contributed by atoms with Gasteiger partial charge >= 0.3 is 0 Å². The summed E-state index contributed by atoms with van der Waals surface area (Å²) >= 11 is 0. The molecule has 202 valence electrons. The molecule has 0 N–H and O–H groups in total. The Kier molecular flexibility index (Phi) is 8.48. The minimum absolute atomic E-state index is 0.300. The zero-order valence-corrected chi connectivity index (χ0v) is 23.9. The van der Waals surface area contributed by atoms with Gasteiger partial charge in [0.15, 0.2) is 11.6 Å². The van der Waals surface area contributed by atoms with Crippen LogP contribution in [0.5, 0.6) is 0 Å². The van der Waals surface area contributed by atoms with Gasteiger partial charge in [0.05, 0.1) is 26.4 Å². The third kappa shape index (κ3) is 4.68. The first kappa shape index (κ1) is 27.6. The third-order valence-corrected chi connectivity index (χ3v) is 10.9. The first-order chi connectivity index (χ1) is 16.8. The smallest absolute Gasteiger partial charge is 0.172 e. The molecule has 0 aromatic carbocycles. The summed E-state index contributed by atoms with van der Waals surface area (Å²) in [6.07, 6.45) is 15.1. The van der Waals surface area contributed by atoms with Crippen molar-refractivity contribution >= 4 is 0 Å². The van der Waals surface area contributed by atoms with Crippen LogP contribution in [-0.4, -0.2) is 38.0 Å². The van der Waals surface area contributed by atoms with Crippen LogP contribution in [0.1, 0.15) is 113 Å². The molecule has 4 heteroatoms. The molecule has 6 rings (SSSR count). The van der Waals surface area contributed by atoms with E-state index in [4.69, 9.17) is 18.9 Å². The quantitative estimate of drug-likeness (QED) is 0.369. The summed E-state index contributed by atoms with van der Waals surface area (Å²) in [5.41, 5.74) is 2.34. The maximum atomic E-state index is 6.17. The summed E-state index contributed by atoms with van der Waals surface area (Å²) in [7, 11) is 0. The molecule has 1 unspecified atom stereocenters. The van der Waals surface area contributed by atoms with Crippen molar-refractivity contribution in [2.24, 2.45) is 34.5 Å². The minimum Gasteiger partial charge on any atom is -0.348 e. The summed E-state index contributed by atoms with van der Waals surface area (Å²) in [5, 5.41) is 0. The summed E-state index contributed by atoms with van der Waals surface area (Å²) < 4.78 is 24.5. The van der Waals surface area contributed by atoms with Crippen LogP contribution in [0.2, 0.25) is 0 Å². The summed E-state index contributed by atoms with van der Waals surface area (Å²) in [6, 6.07) is 0. The van der Waals surface area contributed by atoms with E-state index in [9.17, 15) is 0 Å². The molecule has 4 aliphatic carbocycles. The molecule has 6 aliphatic rings. The Morgan fingerprint density at radius 3 is 2.03 bits per heavy atom. The molecule has 6 atom stereocenters. The summed E-state index contributed by atoms with van der Waals surface area (Å²) in [5.74, 6) is 2.32. The van der Waals surface area contributed by atoms with E-state index in [0.717, 1.165) is 57.0 Å². The molecular weight excluding hydrogens is 436 g/mol. The molecule has 2 saturated heterocycles. The van der Waals surface area contributed by atoms with Crippen molar-refractivity contribution in [1.29, 1.82) is 0 Å². The standard InChI is InChI=1S/C25H38O4.C4H10.C2H6/c1-22-10-11-25(28-14-15-29-25)16-17(22)4-5-18-19-6-7-21(24(3)26-12-13-27-24)23(19,2)9-8-20(18)22;1-3-4-2;1-2/h4,18-21H,5-16H2,1-3H3;3-4H2,1-2H3;1-2H3/t18?,19-,20-,21-,22-,23-;;/m0../s1. The van der Waals surface area contributed by atoms with Crippen molar-refractivity contribution in [3.8, 4) is 0 Å². The Labute approximate surface area is 215 Å². The van der Waals surface area contributed by atoms with E-state index in [1.54, 1.807) is 5.57 Å². The van der Waals surface area contributed by atoms with Gasteiger partial charge in [-0.05, 0) is 74.0 Å². The van der Waals surface area contributed by atoms with Crippen molar-refractivity contribution < 1.29 is 18.9 Å². The Hall–Kier alpha value is -0.420. The third-order valence-electron chi connectivity index (χ3n) is 10.9. The molecule has 3 saturated carbocycles. The minimum atomic E-state index is -0.357. The van der Waals surface area contributed by atoms with Gasteiger partial charge in [0, 0.05) is 18.8 Å². The molecule has 0 radical (unpaired) electrons. The van der Waals surface area contributed by atoms with E-state index in [1.807, 2.05) is 13.8 Å². The molecule has 0 amide bonds. The highest BCUT2D eigenvalue weighted by molar-refractivity contribution is 5.27. The average Bonchev–Trinajstić information content (AvgIpc) is 3.60. The van der Waals surface area contributed by atoms with Crippen molar-refractivity contribution in [1.82, 2.24) is 0 Å². The molecule has 0 bridgehead atoms. The Morgan fingerprint density at radius 1 is 0.771 bits per heavy atom. The van der Waals surface area contributed by atoms with E-state index in [-0.39, 0.29) is 11.6 Å². The number of rotatable bonds is 2. The first-order valence-electron chi connectivity index (χ1n) is 15.1. The van der Waals surface area contributed by atoms with Crippen LogP contribution in [0.15, 0.2) is 11.6 Å². The van der Waals surface area contributed by atoms with E-state index >= 15 is 0 Å². The van der Waals surface area contributed by atoms with Crippen LogP contribution < -0.4 is 0 Å². The van der Waals surface area contributed by atoms with Crippen molar-refractivity contribution in [2.75, 3.05) is 26.4 Å². The van der Waals surface area contributed by atoms with Gasteiger partial charge in [0.2, 0.25) is 0 Å². The fourth-order valence-corrected chi connectivity index (χ4v) is 8.94. The van der Waals surface area contributed by atoms with Crippen molar-refractivity contribution in [2.45, 2.75) is 124 Å². The molecule has 4 nitrogen and oxygen atoms in total. The largest absolute Gasteiger partial charge is 0.348 e. The van der Waals surface area contributed by atoms with Gasteiger partial charge in [0.25, 0.3) is 0 Å². The Bertz CT molecular complexity index is 732.